The van der Waals surface area contributed by atoms with Crippen LogP contribution in [0.3, 0.4) is 0 Å². The summed E-state index contributed by atoms with van der Waals surface area (Å²) in [6.07, 6.45) is 2.77. The minimum atomic E-state index is 0.0713. The molecule has 0 aliphatic carbocycles. The van der Waals surface area contributed by atoms with Crippen LogP contribution in [-0.2, 0) is 4.74 Å². The summed E-state index contributed by atoms with van der Waals surface area (Å²) in [5, 5.41) is 0. The molecule has 1 heterocycles. The minimum absolute atomic E-state index is 0.0713. The minimum Gasteiger partial charge on any atom is -0.377 e. The van der Waals surface area contributed by atoms with E-state index < -0.39 is 0 Å². The van der Waals surface area contributed by atoms with Crippen LogP contribution in [0.25, 0.3) is 0 Å². The lowest BCUT2D eigenvalue weighted by Gasteiger charge is -2.26. The average Bonchev–Trinajstić information content (AvgIpc) is 2.79. The monoisotopic (exact) mass is 276 g/mol. The van der Waals surface area contributed by atoms with Gasteiger partial charge in [-0.05, 0) is 57.4 Å². The van der Waals surface area contributed by atoms with Crippen molar-refractivity contribution in [2.45, 2.75) is 45.8 Å². The summed E-state index contributed by atoms with van der Waals surface area (Å²) in [5.74, 6) is 0. The van der Waals surface area contributed by atoms with E-state index in [0.717, 1.165) is 19.7 Å². The number of likely N-dealkylation sites (N-methyl/N-ethyl adjacent to an activating group) is 1. The fraction of sp³-hybridized carbons (Fsp3) is 0.647. The first-order chi connectivity index (χ1) is 9.47. The van der Waals surface area contributed by atoms with E-state index in [2.05, 4.69) is 44.9 Å². The molecule has 0 spiro atoms. The first kappa shape index (κ1) is 15.5. The summed E-state index contributed by atoms with van der Waals surface area (Å²) < 4.78 is 5.69. The number of benzene rings is 1. The van der Waals surface area contributed by atoms with Gasteiger partial charge in [0.1, 0.15) is 0 Å². The Morgan fingerprint density at radius 2 is 1.95 bits per heavy atom. The molecule has 0 saturated carbocycles. The molecular weight excluding hydrogens is 248 g/mol. The van der Waals surface area contributed by atoms with Gasteiger partial charge in [0.2, 0.25) is 0 Å². The van der Waals surface area contributed by atoms with Gasteiger partial charge in [0.05, 0.1) is 6.10 Å². The average molecular weight is 276 g/mol. The Balaban J connectivity index is 1.98. The Morgan fingerprint density at radius 1 is 1.30 bits per heavy atom. The Bertz CT molecular complexity index is 429. The summed E-state index contributed by atoms with van der Waals surface area (Å²) in [4.78, 5) is 2.30. The van der Waals surface area contributed by atoms with Crippen LogP contribution in [0.5, 0.6) is 0 Å². The third kappa shape index (κ3) is 3.81. The van der Waals surface area contributed by atoms with Crippen molar-refractivity contribution in [3.8, 4) is 0 Å². The Morgan fingerprint density at radius 3 is 2.50 bits per heavy atom. The quantitative estimate of drug-likeness (QED) is 0.898. The van der Waals surface area contributed by atoms with Crippen molar-refractivity contribution >= 4 is 0 Å². The summed E-state index contributed by atoms with van der Waals surface area (Å²) in [5.41, 5.74) is 11.7. The summed E-state index contributed by atoms with van der Waals surface area (Å²) in [6, 6.07) is 4.52. The van der Waals surface area contributed by atoms with Gasteiger partial charge in [0.25, 0.3) is 0 Å². The van der Waals surface area contributed by atoms with Gasteiger partial charge in [-0.15, -0.1) is 0 Å². The summed E-state index contributed by atoms with van der Waals surface area (Å²) in [7, 11) is 2.14. The first-order valence-corrected chi connectivity index (χ1v) is 7.61. The molecule has 1 aliphatic rings. The van der Waals surface area contributed by atoms with E-state index in [1.54, 1.807) is 0 Å². The van der Waals surface area contributed by atoms with Gasteiger partial charge in [-0.2, -0.15) is 0 Å². The predicted octanol–water partition coefficient (Wildman–Crippen LogP) is 2.72. The van der Waals surface area contributed by atoms with Crippen LogP contribution in [0.4, 0.5) is 0 Å². The molecule has 0 bridgehead atoms. The normalized spacial score (nSPS) is 20.6. The second-order valence-corrected chi connectivity index (χ2v) is 6.28. The van der Waals surface area contributed by atoms with E-state index in [1.807, 2.05) is 0 Å². The molecule has 2 rings (SSSR count). The number of nitrogens with two attached hydrogens (primary N) is 1. The van der Waals surface area contributed by atoms with Gasteiger partial charge in [0, 0.05) is 25.7 Å². The zero-order valence-corrected chi connectivity index (χ0v) is 13.3. The van der Waals surface area contributed by atoms with Crippen LogP contribution in [0.15, 0.2) is 12.1 Å². The Hall–Kier alpha value is -0.900. The molecule has 3 nitrogen and oxygen atoms in total. The maximum atomic E-state index is 6.44. The fourth-order valence-corrected chi connectivity index (χ4v) is 3.41. The molecule has 3 heteroatoms. The molecule has 1 fully saturated rings. The van der Waals surface area contributed by atoms with E-state index in [0.29, 0.717) is 6.10 Å². The standard InChI is InChI=1S/C17H28N2O/c1-12-8-13(2)17(14(3)9-12)16(18)11-19(4)10-15-6-5-7-20-15/h8-9,15-16H,5-7,10-11,18H2,1-4H3. The van der Waals surface area contributed by atoms with E-state index in [-0.39, 0.29) is 6.04 Å². The van der Waals surface area contributed by atoms with Crippen molar-refractivity contribution in [2.24, 2.45) is 5.73 Å². The second-order valence-electron chi connectivity index (χ2n) is 6.28. The molecule has 1 saturated heterocycles. The zero-order valence-electron chi connectivity index (χ0n) is 13.3. The van der Waals surface area contributed by atoms with Gasteiger partial charge in [-0.25, -0.2) is 0 Å². The highest BCUT2D eigenvalue weighted by Gasteiger charge is 2.20. The van der Waals surface area contributed by atoms with Gasteiger partial charge >= 0.3 is 0 Å². The van der Waals surface area contributed by atoms with Gasteiger partial charge in [-0.1, -0.05) is 17.7 Å². The first-order valence-electron chi connectivity index (χ1n) is 7.61. The van der Waals surface area contributed by atoms with Crippen LogP contribution in [0.2, 0.25) is 0 Å². The third-order valence-corrected chi connectivity index (χ3v) is 4.16. The Labute approximate surface area is 123 Å². The molecule has 2 atom stereocenters. The van der Waals surface area contributed by atoms with Crippen LogP contribution in [-0.4, -0.2) is 37.7 Å². The lowest BCUT2D eigenvalue weighted by molar-refractivity contribution is 0.0796. The topological polar surface area (TPSA) is 38.5 Å². The third-order valence-electron chi connectivity index (χ3n) is 4.16. The smallest absolute Gasteiger partial charge is 0.0702 e. The maximum Gasteiger partial charge on any atom is 0.0702 e. The van der Waals surface area contributed by atoms with Crippen molar-refractivity contribution in [3.63, 3.8) is 0 Å². The lowest BCUT2D eigenvalue weighted by Crippen LogP contribution is -2.35. The van der Waals surface area contributed by atoms with Crippen molar-refractivity contribution in [1.82, 2.24) is 4.90 Å². The molecule has 1 aliphatic heterocycles. The molecule has 2 N–H and O–H groups in total. The predicted molar refractivity (Wildman–Crippen MR) is 84.1 cm³/mol. The SMILES string of the molecule is Cc1cc(C)c(C(N)CN(C)CC2CCCO2)c(C)c1. The summed E-state index contributed by atoms with van der Waals surface area (Å²) in [6.45, 7) is 9.24. The molecule has 112 valence electrons. The molecule has 2 unspecified atom stereocenters. The van der Waals surface area contributed by atoms with E-state index in [1.165, 1.54) is 35.1 Å². The van der Waals surface area contributed by atoms with Crippen LogP contribution in [0.1, 0.15) is 41.1 Å². The highest BCUT2D eigenvalue weighted by atomic mass is 16.5. The van der Waals surface area contributed by atoms with Crippen LogP contribution in [0, 0.1) is 20.8 Å². The number of hydrogen-bond donors (Lipinski definition) is 1. The maximum absolute atomic E-state index is 6.44. The molecular formula is C17H28N2O. The fourth-order valence-electron chi connectivity index (χ4n) is 3.41. The van der Waals surface area contributed by atoms with Crippen molar-refractivity contribution in [2.75, 3.05) is 26.7 Å². The van der Waals surface area contributed by atoms with Crippen LogP contribution < -0.4 is 5.73 Å². The van der Waals surface area contributed by atoms with Crippen molar-refractivity contribution in [1.29, 1.82) is 0 Å². The van der Waals surface area contributed by atoms with Crippen molar-refractivity contribution in [3.05, 3.63) is 34.4 Å². The Kier molecular flexibility index (Phi) is 5.19. The number of ether oxygens (including phenoxy) is 1. The zero-order chi connectivity index (χ0) is 14.7. The molecule has 0 amide bonds. The van der Waals surface area contributed by atoms with E-state index in [9.17, 15) is 0 Å². The van der Waals surface area contributed by atoms with Crippen molar-refractivity contribution < 1.29 is 4.74 Å². The highest BCUT2D eigenvalue weighted by molar-refractivity contribution is 5.39. The number of hydrogen-bond acceptors (Lipinski definition) is 3. The largest absolute Gasteiger partial charge is 0.377 e. The number of aryl methyl sites for hydroxylation is 3. The highest BCUT2D eigenvalue weighted by Crippen LogP contribution is 2.23. The number of rotatable bonds is 5. The van der Waals surface area contributed by atoms with Gasteiger partial charge in [-0.3, -0.25) is 0 Å². The van der Waals surface area contributed by atoms with E-state index in [4.69, 9.17) is 10.5 Å². The molecule has 20 heavy (non-hydrogen) atoms. The molecule has 1 aromatic rings. The number of nitrogens with zero attached hydrogens (tertiary/aromatic N) is 1. The summed E-state index contributed by atoms with van der Waals surface area (Å²) >= 11 is 0. The molecule has 1 aromatic carbocycles. The lowest BCUT2D eigenvalue weighted by atomic mass is 9.94. The van der Waals surface area contributed by atoms with E-state index >= 15 is 0 Å². The van der Waals surface area contributed by atoms with Crippen LogP contribution >= 0.6 is 0 Å². The molecule has 0 aromatic heterocycles. The van der Waals surface area contributed by atoms with Gasteiger partial charge < -0.3 is 15.4 Å². The van der Waals surface area contributed by atoms with Gasteiger partial charge in [0.15, 0.2) is 0 Å². The molecule has 0 radical (unpaired) electrons. The second kappa shape index (κ2) is 6.70.